The number of nitrogens with zero attached hydrogens (tertiary/aromatic N) is 4. The molecule has 0 aliphatic heterocycles. The smallest absolute Gasteiger partial charge is 0.261 e. The third-order valence-corrected chi connectivity index (χ3v) is 5.70. The van der Waals surface area contributed by atoms with Gasteiger partial charge in [-0.05, 0) is 18.2 Å². The van der Waals surface area contributed by atoms with Crippen LogP contribution in [0.25, 0.3) is 28.3 Å². The number of carbonyl (C=O) groups excluding carboxylic acids is 1. The van der Waals surface area contributed by atoms with E-state index in [4.69, 9.17) is 9.84 Å². The first-order valence-corrected chi connectivity index (χ1v) is 11.1. The number of carbonyl (C=O) groups is 1. The molecule has 0 radical (unpaired) electrons. The van der Waals surface area contributed by atoms with E-state index < -0.39 is 0 Å². The SMILES string of the molecule is COc1cccc(-c2csc(NC(=O)c3cn(-c4ccccc4)nc3-c3ccccc3)n2)n1. The van der Waals surface area contributed by atoms with Crippen molar-refractivity contribution in [2.24, 2.45) is 0 Å². The van der Waals surface area contributed by atoms with Gasteiger partial charge >= 0.3 is 0 Å². The lowest BCUT2D eigenvalue weighted by Crippen LogP contribution is -2.12. The van der Waals surface area contributed by atoms with Gasteiger partial charge in [-0.15, -0.1) is 11.3 Å². The van der Waals surface area contributed by atoms with Gasteiger partial charge in [-0.2, -0.15) is 5.10 Å². The summed E-state index contributed by atoms with van der Waals surface area (Å²) in [4.78, 5) is 22.2. The predicted octanol–water partition coefficient (Wildman–Crippen LogP) is 5.32. The third kappa shape index (κ3) is 4.37. The maximum absolute atomic E-state index is 13.3. The van der Waals surface area contributed by atoms with Gasteiger partial charge in [-0.25, -0.2) is 14.6 Å². The van der Waals surface area contributed by atoms with E-state index in [0.29, 0.717) is 33.7 Å². The molecule has 0 atom stereocenters. The number of hydrogen-bond donors (Lipinski definition) is 1. The van der Waals surface area contributed by atoms with Crippen LogP contribution in [-0.4, -0.2) is 32.8 Å². The van der Waals surface area contributed by atoms with Crippen LogP contribution in [0.1, 0.15) is 10.4 Å². The Labute approximate surface area is 194 Å². The van der Waals surface area contributed by atoms with Crippen molar-refractivity contribution in [3.05, 3.63) is 96.0 Å². The molecule has 2 aromatic carbocycles. The maximum atomic E-state index is 13.3. The molecule has 3 heterocycles. The number of nitrogens with one attached hydrogen (secondary N) is 1. The largest absolute Gasteiger partial charge is 0.481 e. The molecule has 0 fully saturated rings. The summed E-state index contributed by atoms with van der Waals surface area (Å²) in [6, 6.07) is 24.8. The second-order valence-electron chi connectivity index (χ2n) is 7.09. The monoisotopic (exact) mass is 453 g/mol. The maximum Gasteiger partial charge on any atom is 0.261 e. The number of benzene rings is 2. The van der Waals surface area contributed by atoms with Crippen molar-refractivity contribution in [3.63, 3.8) is 0 Å². The topological polar surface area (TPSA) is 81.9 Å². The first kappa shape index (κ1) is 20.6. The molecule has 0 unspecified atom stereocenters. The highest BCUT2D eigenvalue weighted by Crippen LogP contribution is 2.28. The fraction of sp³-hybridized carbons (Fsp3) is 0.0400. The Morgan fingerprint density at radius 3 is 2.42 bits per heavy atom. The summed E-state index contributed by atoms with van der Waals surface area (Å²) in [6.45, 7) is 0. The Morgan fingerprint density at radius 2 is 1.67 bits per heavy atom. The fourth-order valence-electron chi connectivity index (χ4n) is 3.35. The van der Waals surface area contributed by atoms with Gasteiger partial charge in [0.25, 0.3) is 5.91 Å². The standard InChI is InChI=1S/C25H19N5O2S/c1-32-22-14-8-13-20(26-22)21-16-33-25(27-21)28-24(31)19-15-30(18-11-6-3-7-12-18)29-23(19)17-9-4-2-5-10-17/h2-16H,1H3,(H,27,28,31). The molecule has 0 bridgehead atoms. The molecule has 0 aliphatic rings. The van der Waals surface area contributed by atoms with E-state index in [1.807, 2.05) is 78.2 Å². The number of para-hydroxylation sites is 1. The van der Waals surface area contributed by atoms with Crippen LogP contribution in [0.15, 0.2) is 90.4 Å². The van der Waals surface area contributed by atoms with Gasteiger partial charge in [0.1, 0.15) is 11.4 Å². The number of amides is 1. The Balaban J connectivity index is 1.46. The lowest BCUT2D eigenvalue weighted by atomic mass is 10.1. The molecule has 0 saturated heterocycles. The molecule has 1 amide bonds. The molecule has 0 aliphatic carbocycles. The van der Waals surface area contributed by atoms with E-state index in [0.717, 1.165) is 11.3 Å². The Kier molecular flexibility index (Phi) is 5.65. The summed E-state index contributed by atoms with van der Waals surface area (Å²) in [5.41, 5.74) is 4.13. The van der Waals surface area contributed by atoms with Crippen molar-refractivity contribution in [1.82, 2.24) is 19.7 Å². The van der Waals surface area contributed by atoms with E-state index in [9.17, 15) is 4.79 Å². The molecule has 3 aromatic heterocycles. The second-order valence-corrected chi connectivity index (χ2v) is 7.95. The van der Waals surface area contributed by atoms with Crippen LogP contribution >= 0.6 is 11.3 Å². The third-order valence-electron chi connectivity index (χ3n) is 4.95. The van der Waals surface area contributed by atoms with Crippen molar-refractivity contribution in [2.75, 3.05) is 12.4 Å². The fourth-order valence-corrected chi connectivity index (χ4v) is 4.05. The quantitative estimate of drug-likeness (QED) is 0.376. The van der Waals surface area contributed by atoms with Gasteiger partial charge < -0.3 is 4.74 Å². The van der Waals surface area contributed by atoms with Crippen LogP contribution in [0.3, 0.4) is 0 Å². The number of rotatable bonds is 6. The molecule has 33 heavy (non-hydrogen) atoms. The molecular formula is C25H19N5O2S. The van der Waals surface area contributed by atoms with Crippen LogP contribution in [0.2, 0.25) is 0 Å². The summed E-state index contributed by atoms with van der Waals surface area (Å²) >= 11 is 1.33. The highest BCUT2D eigenvalue weighted by atomic mass is 32.1. The van der Waals surface area contributed by atoms with Crippen LogP contribution in [0.4, 0.5) is 5.13 Å². The number of hydrogen-bond acceptors (Lipinski definition) is 6. The Morgan fingerprint density at radius 1 is 0.909 bits per heavy atom. The van der Waals surface area contributed by atoms with Crippen molar-refractivity contribution in [1.29, 1.82) is 0 Å². The number of methoxy groups -OCH3 is 1. The molecule has 7 nitrogen and oxygen atoms in total. The normalized spacial score (nSPS) is 10.7. The minimum absolute atomic E-state index is 0.282. The number of thiazole rings is 1. The molecule has 0 saturated carbocycles. The summed E-state index contributed by atoms with van der Waals surface area (Å²) in [5.74, 6) is 0.224. The summed E-state index contributed by atoms with van der Waals surface area (Å²) in [6.07, 6.45) is 1.74. The lowest BCUT2D eigenvalue weighted by molar-refractivity contribution is 0.102. The summed E-state index contributed by atoms with van der Waals surface area (Å²) in [7, 11) is 1.57. The van der Waals surface area contributed by atoms with Crippen molar-refractivity contribution in [2.45, 2.75) is 0 Å². The van der Waals surface area contributed by atoms with E-state index >= 15 is 0 Å². The van der Waals surface area contributed by atoms with Gasteiger partial charge in [0, 0.05) is 23.2 Å². The highest BCUT2D eigenvalue weighted by Gasteiger charge is 2.20. The molecule has 5 rings (SSSR count). The van der Waals surface area contributed by atoms with Crippen molar-refractivity contribution in [3.8, 4) is 34.2 Å². The molecule has 1 N–H and O–H groups in total. The van der Waals surface area contributed by atoms with Crippen LogP contribution in [0.5, 0.6) is 5.88 Å². The average molecular weight is 454 g/mol. The zero-order chi connectivity index (χ0) is 22.6. The minimum Gasteiger partial charge on any atom is -0.481 e. The van der Waals surface area contributed by atoms with E-state index in [1.165, 1.54) is 11.3 Å². The lowest BCUT2D eigenvalue weighted by Gasteiger charge is -2.03. The molecular weight excluding hydrogens is 434 g/mol. The zero-order valence-corrected chi connectivity index (χ0v) is 18.5. The Bertz CT molecular complexity index is 1400. The number of anilines is 1. The Hall–Kier alpha value is -4.30. The molecule has 162 valence electrons. The number of pyridine rings is 1. The zero-order valence-electron chi connectivity index (χ0n) is 17.7. The van der Waals surface area contributed by atoms with Gasteiger partial charge in [0.05, 0.1) is 24.1 Å². The first-order valence-electron chi connectivity index (χ1n) is 10.2. The average Bonchev–Trinajstić information content (AvgIpc) is 3.53. The van der Waals surface area contributed by atoms with E-state index in [1.54, 1.807) is 24.1 Å². The van der Waals surface area contributed by atoms with Gasteiger partial charge in [0.15, 0.2) is 5.13 Å². The van der Waals surface area contributed by atoms with Crippen molar-refractivity contribution >= 4 is 22.4 Å². The minimum atomic E-state index is -0.282. The predicted molar refractivity (Wildman–Crippen MR) is 129 cm³/mol. The van der Waals surface area contributed by atoms with Gasteiger partial charge in [-0.1, -0.05) is 54.6 Å². The molecule has 0 spiro atoms. The van der Waals surface area contributed by atoms with Gasteiger partial charge in [0.2, 0.25) is 5.88 Å². The number of ether oxygens (including phenoxy) is 1. The summed E-state index contributed by atoms with van der Waals surface area (Å²) < 4.78 is 6.90. The highest BCUT2D eigenvalue weighted by molar-refractivity contribution is 7.14. The van der Waals surface area contributed by atoms with Crippen LogP contribution in [0, 0.1) is 0 Å². The molecule has 8 heteroatoms. The van der Waals surface area contributed by atoms with Gasteiger partial charge in [-0.3, -0.25) is 10.1 Å². The molecule has 5 aromatic rings. The van der Waals surface area contributed by atoms with Crippen molar-refractivity contribution < 1.29 is 9.53 Å². The van der Waals surface area contributed by atoms with E-state index in [-0.39, 0.29) is 5.91 Å². The van der Waals surface area contributed by atoms with E-state index in [2.05, 4.69) is 15.3 Å². The number of aromatic nitrogens is 4. The van der Waals surface area contributed by atoms with Crippen LogP contribution in [-0.2, 0) is 0 Å². The summed E-state index contributed by atoms with van der Waals surface area (Å²) in [5, 5.41) is 9.94. The van der Waals surface area contributed by atoms with Crippen LogP contribution < -0.4 is 10.1 Å². The first-order chi connectivity index (χ1) is 16.2. The second kappa shape index (κ2) is 9.05.